The molecule has 99 valence electrons. The third kappa shape index (κ3) is 2.22. The molecule has 1 radical (unpaired) electrons. The predicted molar refractivity (Wildman–Crippen MR) is 72.1 cm³/mol. The molecule has 0 saturated carbocycles. The molecule has 0 bridgehead atoms. The van der Waals surface area contributed by atoms with E-state index < -0.39 is 0 Å². The number of hydrogen-bond acceptors (Lipinski definition) is 3. The molecule has 0 amide bonds. The molecule has 2 heterocycles. The number of oxazole rings is 1. The van der Waals surface area contributed by atoms with Gasteiger partial charge in [0.05, 0.1) is 0 Å². The van der Waals surface area contributed by atoms with Crippen molar-refractivity contribution in [2.45, 2.75) is 0 Å². The molecule has 0 N–H and O–H groups in total. The van der Waals surface area contributed by atoms with E-state index >= 15 is 0 Å². The van der Waals surface area contributed by atoms with Crippen molar-refractivity contribution in [3.63, 3.8) is 0 Å². The Morgan fingerprint density at radius 3 is 2.65 bits per heavy atom. The molecule has 0 unspecified atom stereocenters. The number of para-hydroxylation sites is 4. The molecule has 5 heteroatoms. The van der Waals surface area contributed by atoms with Crippen molar-refractivity contribution < 1.29 is 29.6 Å². The summed E-state index contributed by atoms with van der Waals surface area (Å²) in [6, 6.07) is 15.2. The summed E-state index contributed by atoms with van der Waals surface area (Å²) in [7, 11) is 0. The van der Waals surface area contributed by atoms with Crippen LogP contribution in [0.3, 0.4) is 0 Å². The largest absolute Gasteiger partial charge is 0.624 e. The van der Waals surface area contributed by atoms with Gasteiger partial charge in [0.25, 0.3) is 0 Å². The molecule has 1 aromatic heterocycles. The molecule has 0 spiro atoms. The second-order valence-electron chi connectivity index (χ2n) is 4.18. The number of ether oxygens (including phenoxy) is 1. The zero-order chi connectivity index (χ0) is 12.7. The summed E-state index contributed by atoms with van der Waals surface area (Å²) >= 11 is 0. The van der Waals surface area contributed by atoms with Crippen LogP contribution in [-0.2, 0) is 20.4 Å². The molecule has 0 saturated heterocycles. The fraction of sp³-hybridized carbons (Fsp3) is 0. The monoisotopic (exact) mass is 436 g/mol. The fourth-order valence-corrected chi connectivity index (χ4v) is 2.01. The van der Waals surface area contributed by atoms with Gasteiger partial charge in [-0.3, -0.25) is 0 Å². The van der Waals surface area contributed by atoms with Gasteiger partial charge >= 0.3 is 0 Å². The van der Waals surface area contributed by atoms with E-state index in [0.717, 1.165) is 22.5 Å². The minimum absolute atomic E-state index is 0. The molecule has 4 nitrogen and oxygen atoms in total. The van der Waals surface area contributed by atoms with Crippen molar-refractivity contribution >= 4 is 22.9 Å². The maximum absolute atomic E-state index is 5.60. The van der Waals surface area contributed by atoms with E-state index in [1.807, 2.05) is 48.5 Å². The van der Waals surface area contributed by atoms with E-state index in [2.05, 4.69) is 10.3 Å². The first kappa shape index (κ1) is 12.9. The number of benzene rings is 2. The third-order valence-corrected chi connectivity index (χ3v) is 2.87. The molecule has 0 fully saturated rings. The molecular formula is C15H9N2O2Re-. The number of hydrogen-bond donors (Lipinski definition) is 0. The molecule has 3 aromatic rings. The molecule has 1 aliphatic rings. The SMILES string of the molecule is C(=C1/[N-]c2ccccc2O1)/c1nc2ccccc2o1.[Re]. The number of aromatic nitrogens is 1. The summed E-state index contributed by atoms with van der Waals surface area (Å²) in [4.78, 5) is 4.36. The van der Waals surface area contributed by atoms with Crippen LogP contribution < -0.4 is 4.74 Å². The van der Waals surface area contributed by atoms with Crippen molar-refractivity contribution in [2.24, 2.45) is 0 Å². The Labute approximate surface area is 129 Å². The second kappa shape index (κ2) is 5.12. The van der Waals surface area contributed by atoms with E-state index in [4.69, 9.17) is 9.15 Å². The molecule has 20 heavy (non-hydrogen) atoms. The topological polar surface area (TPSA) is 49.4 Å². The Hall–Kier alpha value is -2.09. The first-order valence-electron chi connectivity index (χ1n) is 5.94. The van der Waals surface area contributed by atoms with Gasteiger partial charge in [-0.05, 0) is 18.2 Å². The summed E-state index contributed by atoms with van der Waals surface area (Å²) in [5, 5.41) is 4.36. The van der Waals surface area contributed by atoms with Crippen LogP contribution in [0, 0.1) is 0 Å². The van der Waals surface area contributed by atoms with Gasteiger partial charge in [-0.1, -0.05) is 36.0 Å². The maximum Gasteiger partial charge on any atom is 0.221 e. The van der Waals surface area contributed by atoms with Crippen LogP contribution in [0.1, 0.15) is 5.89 Å². The van der Waals surface area contributed by atoms with Gasteiger partial charge in [0.1, 0.15) is 11.3 Å². The summed E-state index contributed by atoms with van der Waals surface area (Å²) in [5.74, 6) is 1.74. The van der Waals surface area contributed by atoms with E-state index in [-0.39, 0.29) is 20.4 Å². The summed E-state index contributed by atoms with van der Waals surface area (Å²) < 4.78 is 11.2. The molecule has 0 aliphatic carbocycles. The molecule has 2 aromatic carbocycles. The van der Waals surface area contributed by atoms with Crippen LogP contribution in [0.2, 0.25) is 0 Å². The van der Waals surface area contributed by atoms with Crippen LogP contribution in [0.4, 0.5) is 5.69 Å². The zero-order valence-electron chi connectivity index (χ0n) is 10.3. The summed E-state index contributed by atoms with van der Waals surface area (Å²) in [6.45, 7) is 0. The van der Waals surface area contributed by atoms with Gasteiger partial charge in [-0.2, -0.15) is 0 Å². The normalized spacial score (nSPS) is 14.5. The number of rotatable bonds is 1. The third-order valence-electron chi connectivity index (χ3n) is 2.87. The summed E-state index contributed by atoms with van der Waals surface area (Å²) in [6.07, 6.45) is 1.69. The first-order chi connectivity index (χ1) is 9.38. The van der Waals surface area contributed by atoms with E-state index in [1.54, 1.807) is 6.08 Å². The Balaban J connectivity index is 0.00000121. The minimum atomic E-state index is 0. The quantitative estimate of drug-likeness (QED) is 0.575. The summed E-state index contributed by atoms with van der Waals surface area (Å²) in [5.41, 5.74) is 2.40. The van der Waals surface area contributed by atoms with E-state index in [1.165, 1.54) is 0 Å². The van der Waals surface area contributed by atoms with Crippen molar-refractivity contribution in [1.82, 2.24) is 4.98 Å². The van der Waals surface area contributed by atoms with Gasteiger partial charge in [-0.15, -0.1) is 0 Å². The second-order valence-corrected chi connectivity index (χ2v) is 4.18. The molecule has 1 aliphatic heterocycles. The van der Waals surface area contributed by atoms with Gasteiger partial charge in [0.2, 0.25) is 5.89 Å². The Morgan fingerprint density at radius 2 is 1.80 bits per heavy atom. The number of fused-ring (bicyclic) bond motifs is 2. The number of nitrogens with zero attached hydrogens (tertiary/aromatic N) is 2. The van der Waals surface area contributed by atoms with Crippen LogP contribution in [0.15, 0.2) is 58.8 Å². The Morgan fingerprint density at radius 1 is 1.00 bits per heavy atom. The van der Waals surface area contributed by atoms with Crippen molar-refractivity contribution in [3.8, 4) is 5.75 Å². The van der Waals surface area contributed by atoms with Crippen molar-refractivity contribution in [1.29, 1.82) is 0 Å². The zero-order valence-corrected chi connectivity index (χ0v) is 13.0. The minimum Gasteiger partial charge on any atom is -0.624 e. The van der Waals surface area contributed by atoms with Crippen molar-refractivity contribution in [3.05, 3.63) is 65.6 Å². The van der Waals surface area contributed by atoms with E-state index in [9.17, 15) is 0 Å². The van der Waals surface area contributed by atoms with Gasteiger partial charge in [0.15, 0.2) is 5.58 Å². The standard InChI is InChI=1S/C15H9N2O2.Re/c1-3-7-12-10(5-1)16-14(18-12)9-15-17-11-6-2-4-8-13(11)19-15;/h1-9H;/q-1;/b14-9+;. The molecule has 4 rings (SSSR count). The molecular weight excluding hydrogens is 426 g/mol. The van der Waals surface area contributed by atoms with Crippen LogP contribution in [0.25, 0.3) is 22.5 Å². The predicted octanol–water partition coefficient (Wildman–Crippen LogP) is 4.22. The van der Waals surface area contributed by atoms with Crippen LogP contribution in [0.5, 0.6) is 5.75 Å². The van der Waals surface area contributed by atoms with E-state index in [0.29, 0.717) is 11.8 Å². The smallest absolute Gasteiger partial charge is 0.221 e. The Kier molecular flexibility index (Phi) is 3.31. The van der Waals surface area contributed by atoms with Crippen LogP contribution >= 0.6 is 0 Å². The average molecular weight is 435 g/mol. The van der Waals surface area contributed by atoms with Gasteiger partial charge in [-0.25, -0.2) is 4.98 Å². The van der Waals surface area contributed by atoms with Crippen molar-refractivity contribution in [2.75, 3.05) is 0 Å². The van der Waals surface area contributed by atoms with Gasteiger partial charge < -0.3 is 14.5 Å². The average Bonchev–Trinajstić information content (AvgIpc) is 3.00. The fourth-order valence-electron chi connectivity index (χ4n) is 2.01. The van der Waals surface area contributed by atoms with Crippen LogP contribution in [-0.4, -0.2) is 4.98 Å². The Bertz CT molecular complexity index is 735. The first-order valence-corrected chi connectivity index (χ1v) is 5.94. The van der Waals surface area contributed by atoms with Gasteiger partial charge in [0, 0.05) is 32.4 Å². The maximum atomic E-state index is 5.60. The molecule has 0 atom stereocenters.